The van der Waals surface area contributed by atoms with Crippen LogP contribution in [0.2, 0.25) is 0 Å². The Morgan fingerprint density at radius 3 is 2.94 bits per heavy atom. The van der Waals surface area contributed by atoms with Crippen LogP contribution in [-0.4, -0.2) is 12.0 Å². The van der Waals surface area contributed by atoms with E-state index in [0.29, 0.717) is 12.5 Å². The minimum absolute atomic E-state index is 0.409. The highest BCUT2D eigenvalue weighted by molar-refractivity contribution is 5.25. The van der Waals surface area contributed by atoms with Gasteiger partial charge in [0.1, 0.15) is 12.4 Å². The van der Waals surface area contributed by atoms with Crippen molar-refractivity contribution in [3.63, 3.8) is 0 Å². The molecule has 0 spiro atoms. The average Bonchev–Trinajstić information content (AvgIpc) is 2.89. The van der Waals surface area contributed by atoms with Crippen LogP contribution in [0, 0.1) is 0 Å². The maximum atomic E-state index is 5.65. The summed E-state index contributed by atoms with van der Waals surface area (Å²) < 4.78 is 10.9. The smallest absolute Gasteiger partial charge is 0.214 e. The molecule has 0 atom stereocenters. The summed E-state index contributed by atoms with van der Waals surface area (Å²) in [6.07, 6.45) is 2.54. The Bertz CT molecular complexity index is 481. The van der Waals surface area contributed by atoms with E-state index in [1.165, 1.54) is 5.56 Å². The second kappa shape index (κ2) is 6.21. The van der Waals surface area contributed by atoms with Gasteiger partial charge in [0.15, 0.2) is 0 Å². The molecule has 0 aliphatic carbocycles. The quantitative estimate of drug-likeness (QED) is 0.851. The highest BCUT2D eigenvalue weighted by Gasteiger charge is 2.04. The van der Waals surface area contributed by atoms with Gasteiger partial charge in [-0.05, 0) is 37.2 Å². The summed E-state index contributed by atoms with van der Waals surface area (Å²) in [4.78, 5) is 4.44. The molecule has 2 heterocycles. The molecule has 96 valence electrons. The third kappa shape index (κ3) is 3.34. The first kappa shape index (κ1) is 12.6. The third-order valence-corrected chi connectivity index (χ3v) is 2.60. The van der Waals surface area contributed by atoms with Gasteiger partial charge in [0.25, 0.3) is 0 Å². The van der Waals surface area contributed by atoms with Crippen LogP contribution in [0.25, 0.3) is 0 Å². The predicted octanol–water partition coefficient (Wildman–Crippen LogP) is 2.54. The van der Waals surface area contributed by atoms with Gasteiger partial charge >= 0.3 is 0 Å². The van der Waals surface area contributed by atoms with Crippen LogP contribution in [0.15, 0.2) is 34.9 Å². The molecule has 0 radical (unpaired) electrons. The molecule has 4 nitrogen and oxygen atoms in total. The van der Waals surface area contributed by atoms with Crippen LogP contribution in [0.5, 0.6) is 5.88 Å². The van der Waals surface area contributed by atoms with E-state index in [0.717, 1.165) is 24.4 Å². The number of hydrogen-bond donors (Lipinski definition) is 1. The second-order valence-electron chi connectivity index (χ2n) is 4.06. The summed E-state index contributed by atoms with van der Waals surface area (Å²) in [6, 6.07) is 7.79. The lowest BCUT2D eigenvalue weighted by atomic mass is 10.2. The van der Waals surface area contributed by atoms with E-state index in [2.05, 4.69) is 23.3 Å². The third-order valence-electron chi connectivity index (χ3n) is 2.60. The molecular weight excluding hydrogens is 228 g/mol. The lowest BCUT2D eigenvalue weighted by Crippen LogP contribution is -2.07. The van der Waals surface area contributed by atoms with E-state index >= 15 is 0 Å². The number of pyridine rings is 1. The molecule has 0 saturated carbocycles. The molecule has 2 rings (SSSR count). The molecule has 1 N–H and O–H groups in total. The van der Waals surface area contributed by atoms with Crippen molar-refractivity contribution >= 4 is 0 Å². The van der Waals surface area contributed by atoms with E-state index < -0.39 is 0 Å². The van der Waals surface area contributed by atoms with Gasteiger partial charge in [0.2, 0.25) is 5.88 Å². The maximum absolute atomic E-state index is 5.65. The maximum Gasteiger partial charge on any atom is 0.214 e. The van der Waals surface area contributed by atoms with Crippen LogP contribution in [-0.2, 0) is 19.6 Å². The van der Waals surface area contributed by atoms with Crippen molar-refractivity contribution in [2.45, 2.75) is 26.5 Å². The summed E-state index contributed by atoms with van der Waals surface area (Å²) in [5, 5.41) is 3.13. The molecule has 18 heavy (non-hydrogen) atoms. The average molecular weight is 246 g/mol. The summed E-state index contributed by atoms with van der Waals surface area (Å²) in [7, 11) is 1.93. The molecule has 0 amide bonds. The molecule has 2 aromatic heterocycles. The Hall–Kier alpha value is -1.81. The molecule has 0 unspecified atom stereocenters. The van der Waals surface area contributed by atoms with E-state index in [1.54, 1.807) is 6.26 Å². The lowest BCUT2D eigenvalue weighted by Gasteiger charge is -2.08. The van der Waals surface area contributed by atoms with Crippen molar-refractivity contribution in [1.82, 2.24) is 10.3 Å². The van der Waals surface area contributed by atoms with Gasteiger partial charge in [0.05, 0.1) is 6.26 Å². The Kier molecular flexibility index (Phi) is 4.36. The van der Waals surface area contributed by atoms with Gasteiger partial charge in [-0.2, -0.15) is 0 Å². The first-order chi connectivity index (χ1) is 8.81. The van der Waals surface area contributed by atoms with Crippen molar-refractivity contribution in [3.8, 4) is 5.88 Å². The topological polar surface area (TPSA) is 47.3 Å². The first-order valence-corrected chi connectivity index (χ1v) is 6.11. The number of rotatable bonds is 6. The van der Waals surface area contributed by atoms with Gasteiger partial charge in [-0.25, -0.2) is 4.98 Å². The SMILES string of the molecule is CCc1cc(CNC)cc(OCc2ccco2)n1. The fourth-order valence-electron chi connectivity index (χ4n) is 1.72. The van der Waals surface area contributed by atoms with E-state index in [4.69, 9.17) is 9.15 Å². The van der Waals surface area contributed by atoms with Gasteiger partial charge in [-0.1, -0.05) is 6.92 Å². The van der Waals surface area contributed by atoms with Crippen molar-refractivity contribution < 1.29 is 9.15 Å². The molecule has 0 aliphatic rings. The molecule has 0 aliphatic heterocycles. The number of ether oxygens (including phenoxy) is 1. The monoisotopic (exact) mass is 246 g/mol. The zero-order valence-electron chi connectivity index (χ0n) is 10.8. The standard InChI is InChI=1S/C14H18N2O2/c1-3-12-7-11(9-15-2)8-14(16-12)18-10-13-5-4-6-17-13/h4-8,15H,3,9-10H2,1-2H3. The van der Waals surface area contributed by atoms with Crippen molar-refractivity contribution in [2.24, 2.45) is 0 Å². The van der Waals surface area contributed by atoms with Gasteiger partial charge in [-0.15, -0.1) is 0 Å². The summed E-state index contributed by atoms with van der Waals surface area (Å²) in [5.74, 6) is 1.45. The Labute approximate surface area is 107 Å². The Balaban J connectivity index is 2.08. The van der Waals surface area contributed by atoms with Crippen LogP contribution in [0.1, 0.15) is 23.9 Å². The molecule has 0 aromatic carbocycles. The Morgan fingerprint density at radius 1 is 1.39 bits per heavy atom. The zero-order chi connectivity index (χ0) is 12.8. The molecule has 0 bridgehead atoms. The molecule has 0 saturated heterocycles. The number of hydrogen-bond acceptors (Lipinski definition) is 4. The van der Waals surface area contributed by atoms with Crippen molar-refractivity contribution in [1.29, 1.82) is 0 Å². The summed E-state index contributed by atoms with van der Waals surface area (Å²) in [6.45, 7) is 3.31. The molecule has 0 fully saturated rings. The highest BCUT2D eigenvalue weighted by atomic mass is 16.5. The largest absolute Gasteiger partial charge is 0.469 e. The Morgan fingerprint density at radius 2 is 2.28 bits per heavy atom. The molecule has 4 heteroatoms. The lowest BCUT2D eigenvalue weighted by molar-refractivity contribution is 0.259. The van der Waals surface area contributed by atoms with Crippen LogP contribution < -0.4 is 10.1 Å². The van der Waals surface area contributed by atoms with E-state index in [-0.39, 0.29) is 0 Å². The van der Waals surface area contributed by atoms with Crippen molar-refractivity contribution in [2.75, 3.05) is 7.05 Å². The number of aromatic nitrogens is 1. The minimum Gasteiger partial charge on any atom is -0.469 e. The van der Waals surface area contributed by atoms with Crippen molar-refractivity contribution in [3.05, 3.63) is 47.5 Å². The zero-order valence-corrected chi connectivity index (χ0v) is 10.8. The van der Waals surface area contributed by atoms with Crippen LogP contribution >= 0.6 is 0 Å². The number of furan rings is 1. The summed E-state index contributed by atoms with van der Waals surface area (Å²) >= 11 is 0. The minimum atomic E-state index is 0.409. The fourth-order valence-corrected chi connectivity index (χ4v) is 1.72. The highest BCUT2D eigenvalue weighted by Crippen LogP contribution is 2.15. The second-order valence-corrected chi connectivity index (χ2v) is 4.06. The number of nitrogens with one attached hydrogen (secondary N) is 1. The molecular formula is C14H18N2O2. The number of nitrogens with zero attached hydrogens (tertiary/aromatic N) is 1. The molecule has 2 aromatic rings. The fraction of sp³-hybridized carbons (Fsp3) is 0.357. The van der Waals surface area contributed by atoms with Crippen LogP contribution in [0.3, 0.4) is 0 Å². The predicted molar refractivity (Wildman–Crippen MR) is 69.4 cm³/mol. The number of aryl methyl sites for hydroxylation is 1. The van der Waals surface area contributed by atoms with E-state index in [1.807, 2.05) is 25.2 Å². The van der Waals surface area contributed by atoms with Gasteiger partial charge in [-0.3, -0.25) is 0 Å². The van der Waals surface area contributed by atoms with Gasteiger partial charge in [0, 0.05) is 18.3 Å². The van der Waals surface area contributed by atoms with E-state index in [9.17, 15) is 0 Å². The first-order valence-electron chi connectivity index (χ1n) is 6.11. The van der Waals surface area contributed by atoms with Gasteiger partial charge < -0.3 is 14.5 Å². The summed E-state index contributed by atoms with van der Waals surface area (Å²) in [5.41, 5.74) is 2.22. The normalized spacial score (nSPS) is 10.6. The van der Waals surface area contributed by atoms with Crippen LogP contribution in [0.4, 0.5) is 0 Å².